The Balaban J connectivity index is 2.19. The van der Waals surface area contributed by atoms with Crippen molar-refractivity contribution in [1.29, 1.82) is 0 Å². The van der Waals surface area contributed by atoms with Crippen molar-refractivity contribution in [1.82, 2.24) is 15.1 Å². The molecule has 0 fully saturated rings. The molecule has 1 unspecified atom stereocenters. The maximum atomic E-state index is 4.44. The molecule has 1 N–H and O–H groups in total. The fourth-order valence-electron chi connectivity index (χ4n) is 2.38. The predicted octanol–water partition coefficient (Wildman–Crippen LogP) is 3.38. The number of nitrogens with zero attached hydrogens (tertiary/aromatic N) is 2. The summed E-state index contributed by atoms with van der Waals surface area (Å²) in [6, 6.07) is 4.79. The van der Waals surface area contributed by atoms with Crippen LogP contribution in [-0.2, 0) is 13.5 Å². The molecule has 0 aromatic carbocycles. The van der Waals surface area contributed by atoms with E-state index in [2.05, 4.69) is 41.8 Å². The van der Waals surface area contributed by atoms with Crippen LogP contribution in [0, 0.1) is 13.8 Å². The Hall–Kier alpha value is -1.13. The van der Waals surface area contributed by atoms with Crippen LogP contribution in [0.2, 0.25) is 0 Å². The highest BCUT2D eigenvalue weighted by Crippen LogP contribution is 2.27. The van der Waals surface area contributed by atoms with Crippen LogP contribution in [-0.4, -0.2) is 16.3 Å². The van der Waals surface area contributed by atoms with Crippen LogP contribution in [0.3, 0.4) is 0 Å². The summed E-state index contributed by atoms with van der Waals surface area (Å²) in [7, 11) is 2.03. The number of hydrogen-bond acceptors (Lipinski definition) is 3. The Bertz CT molecular complexity index is 527. The number of rotatable bonds is 6. The van der Waals surface area contributed by atoms with Crippen LogP contribution in [0.4, 0.5) is 0 Å². The van der Waals surface area contributed by atoms with E-state index in [1.165, 1.54) is 16.1 Å². The number of aryl methyl sites for hydroxylation is 3. The minimum atomic E-state index is 0.398. The van der Waals surface area contributed by atoms with Gasteiger partial charge in [-0.3, -0.25) is 4.68 Å². The zero-order valence-corrected chi connectivity index (χ0v) is 13.0. The molecule has 0 spiro atoms. The molecule has 0 aliphatic rings. The van der Waals surface area contributed by atoms with E-state index < -0.39 is 0 Å². The summed E-state index contributed by atoms with van der Waals surface area (Å²) in [5.41, 5.74) is 3.77. The third kappa shape index (κ3) is 3.45. The Morgan fingerprint density at radius 3 is 2.74 bits per heavy atom. The lowest BCUT2D eigenvalue weighted by Gasteiger charge is -2.18. The van der Waals surface area contributed by atoms with Gasteiger partial charge in [-0.1, -0.05) is 6.92 Å². The summed E-state index contributed by atoms with van der Waals surface area (Å²) < 4.78 is 2.00. The Morgan fingerprint density at radius 1 is 1.42 bits per heavy atom. The fraction of sp³-hybridized carbons (Fsp3) is 0.533. The lowest BCUT2D eigenvalue weighted by Crippen LogP contribution is -2.24. The first-order valence-electron chi connectivity index (χ1n) is 6.88. The number of nitrogens with one attached hydrogen (secondary N) is 1. The molecule has 0 bridgehead atoms. The molecule has 0 amide bonds. The molecule has 19 heavy (non-hydrogen) atoms. The molecule has 0 saturated carbocycles. The minimum Gasteiger partial charge on any atom is -0.309 e. The van der Waals surface area contributed by atoms with Gasteiger partial charge in [0.15, 0.2) is 0 Å². The summed E-state index contributed by atoms with van der Waals surface area (Å²) >= 11 is 1.85. The molecule has 3 nitrogen and oxygen atoms in total. The lowest BCUT2D eigenvalue weighted by molar-refractivity contribution is 0.517. The van der Waals surface area contributed by atoms with Gasteiger partial charge >= 0.3 is 0 Å². The molecule has 0 aliphatic carbocycles. The predicted molar refractivity (Wildman–Crippen MR) is 81.7 cm³/mol. The summed E-state index contributed by atoms with van der Waals surface area (Å²) in [5.74, 6) is 0. The molecule has 2 aromatic rings. The molecule has 0 radical (unpaired) electrons. The number of hydrogen-bond donors (Lipinski definition) is 1. The van der Waals surface area contributed by atoms with Gasteiger partial charge in [-0.25, -0.2) is 0 Å². The minimum absolute atomic E-state index is 0.398. The van der Waals surface area contributed by atoms with Crippen LogP contribution >= 0.6 is 11.3 Å². The second-order valence-corrected chi connectivity index (χ2v) is 6.03. The fourth-order valence-corrected chi connectivity index (χ4v) is 3.39. The number of thiophene rings is 1. The molecular formula is C15H23N3S. The topological polar surface area (TPSA) is 29.9 Å². The van der Waals surface area contributed by atoms with Gasteiger partial charge in [0.1, 0.15) is 0 Å². The summed E-state index contributed by atoms with van der Waals surface area (Å²) in [5, 5.41) is 10.3. The molecule has 104 valence electrons. The van der Waals surface area contributed by atoms with Crippen molar-refractivity contribution in [2.24, 2.45) is 7.05 Å². The normalized spacial score (nSPS) is 12.8. The highest BCUT2D eigenvalue weighted by atomic mass is 32.1. The smallest absolute Gasteiger partial charge is 0.0596 e. The zero-order chi connectivity index (χ0) is 13.8. The van der Waals surface area contributed by atoms with Crippen molar-refractivity contribution in [2.45, 2.75) is 39.7 Å². The highest BCUT2D eigenvalue weighted by Gasteiger charge is 2.17. The Morgan fingerprint density at radius 2 is 2.21 bits per heavy atom. The third-order valence-electron chi connectivity index (χ3n) is 3.37. The van der Waals surface area contributed by atoms with Crippen molar-refractivity contribution >= 4 is 11.3 Å². The van der Waals surface area contributed by atoms with E-state index in [0.717, 1.165) is 25.1 Å². The second kappa shape index (κ2) is 6.35. The Labute approximate surface area is 119 Å². The van der Waals surface area contributed by atoms with E-state index in [9.17, 15) is 0 Å². The van der Waals surface area contributed by atoms with E-state index in [-0.39, 0.29) is 0 Å². The van der Waals surface area contributed by atoms with Gasteiger partial charge in [0.05, 0.1) is 5.69 Å². The van der Waals surface area contributed by atoms with E-state index in [1.54, 1.807) is 0 Å². The van der Waals surface area contributed by atoms with Crippen molar-refractivity contribution in [3.05, 3.63) is 39.3 Å². The van der Waals surface area contributed by atoms with Crippen LogP contribution in [0.5, 0.6) is 0 Å². The molecule has 0 saturated heterocycles. The van der Waals surface area contributed by atoms with Crippen LogP contribution < -0.4 is 5.32 Å². The van der Waals surface area contributed by atoms with Gasteiger partial charge in [0, 0.05) is 30.1 Å². The van der Waals surface area contributed by atoms with E-state index >= 15 is 0 Å². The van der Waals surface area contributed by atoms with E-state index in [4.69, 9.17) is 0 Å². The van der Waals surface area contributed by atoms with Crippen molar-refractivity contribution in [2.75, 3.05) is 6.54 Å². The standard InChI is InChI=1S/C15H23N3S/c1-5-7-16-14(15-11(2)6-8-19-15)10-13-9-12(3)17-18(13)4/h6,8-9,14,16H,5,7,10H2,1-4H3. The van der Waals surface area contributed by atoms with Crippen LogP contribution in [0.15, 0.2) is 17.5 Å². The maximum Gasteiger partial charge on any atom is 0.0596 e. The first kappa shape index (κ1) is 14.3. The second-order valence-electron chi connectivity index (χ2n) is 5.08. The maximum absolute atomic E-state index is 4.44. The van der Waals surface area contributed by atoms with Crippen molar-refractivity contribution < 1.29 is 0 Å². The van der Waals surface area contributed by atoms with Gasteiger partial charge in [0.25, 0.3) is 0 Å². The zero-order valence-electron chi connectivity index (χ0n) is 12.2. The van der Waals surface area contributed by atoms with E-state index in [0.29, 0.717) is 6.04 Å². The van der Waals surface area contributed by atoms with Crippen molar-refractivity contribution in [3.63, 3.8) is 0 Å². The summed E-state index contributed by atoms with van der Waals surface area (Å²) in [4.78, 5) is 1.45. The molecule has 2 heterocycles. The average Bonchev–Trinajstić information content (AvgIpc) is 2.91. The molecular weight excluding hydrogens is 254 g/mol. The van der Waals surface area contributed by atoms with Gasteiger partial charge in [-0.2, -0.15) is 5.10 Å². The van der Waals surface area contributed by atoms with Crippen LogP contribution in [0.1, 0.15) is 41.2 Å². The van der Waals surface area contributed by atoms with Crippen molar-refractivity contribution in [3.8, 4) is 0 Å². The summed E-state index contributed by atoms with van der Waals surface area (Å²) in [6.45, 7) is 7.51. The Kier molecular flexibility index (Phi) is 4.77. The average molecular weight is 277 g/mol. The quantitative estimate of drug-likeness (QED) is 0.877. The molecule has 1 atom stereocenters. The molecule has 2 aromatic heterocycles. The molecule has 2 rings (SSSR count). The molecule has 4 heteroatoms. The number of aromatic nitrogens is 2. The largest absolute Gasteiger partial charge is 0.309 e. The van der Waals surface area contributed by atoms with Gasteiger partial charge < -0.3 is 5.32 Å². The van der Waals surface area contributed by atoms with Crippen LogP contribution in [0.25, 0.3) is 0 Å². The first-order chi connectivity index (χ1) is 9.11. The summed E-state index contributed by atoms with van der Waals surface area (Å²) in [6.07, 6.45) is 2.16. The monoisotopic (exact) mass is 277 g/mol. The highest BCUT2D eigenvalue weighted by molar-refractivity contribution is 7.10. The first-order valence-corrected chi connectivity index (χ1v) is 7.76. The lowest BCUT2D eigenvalue weighted by atomic mass is 10.1. The van der Waals surface area contributed by atoms with Gasteiger partial charge in [-0.15, -0.1) is 11.3 Å². The van der Waals surface area contributed by atoms with Gasteiger partial charge in [-0.05, 0) is 49.9 Å². The SMILES string of the molecule is CCCNC(Cc1cc(C)nn1C)c1sccc1C. The molecule has 0 aliphatic heterocycles. The van der Waals surface area contributed by atoms with Gasteiger partial charge in [0.2, 0.25) is 0 Å². The third-order valence-corrected chi connectivity index (χ3v) is 4.50. The van der Waals surface area contributed by atoms with E-state index in [1.807, 2.05) is 30.0 Å².